The molecule has 2 nitrogen and oxygen atoms in total. The van der Waals surface area contributed by atoms with Crippen molar-refractivity contribution in [2.75, 3.05) is 0 Å². The van der Waals surface area contributed by atoms with Crippen LogP contribution < -0.4 is 0 Å². The molecule has 2 rings (SSSR count). The van der Waals surface area contributed by atoms with Crippen molar-refractivity contribution in [3.05, 3.63) is 22.7 Å². The first-order chi connectivity index (χ1) is 4.81. The van der Waals surface area contributed by atoms with Crippen LogP contribution in [0.25, 0.3) is 11.1 Å². The summed E-state index contributed by atoms with van der Waals surface area (Å²) in [6.45, 7) is -0.250. The van der Waals surface area contributed by atoms with Crippen LogP contribution in [0.15, 0.2) is 22.7 Å². The van der Waals surface area contributed by atoms with E-state index >= 15 is 0 Å². The van der Waals surface area contributed by atoms with Gasteiger partial charge in [-0.2, -0.15) is 0 Å². The minimum atomic E-state index is -0.250. The van der Waals surface area contributed by atoms with E-state index in [2.05, 4.69) is 34.1 Å². The van der Waals surface area contributed by atoms with Gasteiger partial charge >= 0.3 is 0 Å². The van der Waals surface area contributed by atoms with Crippen LogP contribution in [0.1, 0.15) is 0 Å². The lowest BCUT2D eigenvalue weighted by atomic mass is 10.6. The van der Waals surface area contributed by atoms with E-state index in [1.54, 1.807) is 0 Å². The van der Waals surface area contributed by atoms with Gasteiger partial charge in [0.1, 0.15) is 0 Å². The van der Waals surface area contributed by atoms with Gasteiger partial charge in [-0.25, -0.2) is 0 Å². The molecule has 0 aromatic heterocycles. The van der Waals surface area contributed by atoms with Crippen LogP contribution in [0, 0.1) is 0 Å². The number of halogens is 1. The molecule has 52 valence electrons. The third kappa shape index (κ3) is 1.19. The van der Waals surface area contributed by atoms with Gasteiger partial charge in [0.25, 0.3) is 6.47 Å². The maximum Gasteiger partial charge on any atom is 0.290 e. The highest BCUT2D eigenvalue weighted by Gasteiger charge is 2.19. The molecular weight excluding hydrogens is 196 g/mol. The van der Waals surface area contributed by atoms with Crippen LogP contribution in [0.5, 0.6) is 0 Å². The largest absolute Gasteiger partial charge is 0.483 e. The number of hydrogen-bond acceptors (Lipinski definition) is 1. The monoisotopic (exact) mass is 200 g/mol. The highest BCUT2D eigenvalue weighted by molar-refractivity contribution is 9.11. The molecule has 1 N–H and O–H groups in total. The first-order valence-electron chi connectivity index (χ1n) is 2.68. The second-order valence-electron chi connectivity index (χ2n) is 1.77. The molecule has 0 unspecified atom stereocenters. The first-order valence-corrected chi connectivity index (χ1v) is 3.47. The van der Waals surface area contributed by atoms with Gasteiger partial charge in [0.2, 0.25) is 0 Å². The molecule has 0 atom stereocenters. The Morgan fingerprint density at radius 3 is 2.00 bits per heavy atom. The molecule has 0 saturated carbocycles. The lowest BCUT2D eigenvalue weighted by molar-refractivity contribution is -0.122. The third-order valence-corrected chi connectivity index (χ3v) is 2.08. The van der Waals surface area contributed by atoms with E-state index in [4.69, 9.17) is 9.90 Å². The van der Waals surface area contributed by atoms with Crippen LogP contribution in [0.3, 0.4) is 0 Å². The second-order valence-corrected chi connectivity index (χ2v) is 2.57. The molecule has 0 amide bonds. The maximum absolute atomic E-state index is 8.36. The Morgan fingerprint density at radius 2 is 1.80 bits per heavy atom. The molecule has 2 aliphatic rings. The van der Waals surface area contributed by atoms with E-state index in [-0.39, 0.29) is 6.47 Å². The van der Waals surface area contributed by atoms with E-state index < -0.39 is 0 Å². The Hall–Kier alpha value is -0.830. The van der Waals surface area contributed by atoms with Gasteiger partial charge in [-0.1, -0.05) is 18.2 Å². The standard InChI is InChI=1S/C6H3Br.CH2O2/c7-6-4-2-1-3-5(4)6;2-1-3/h1-3H;1H,(H,2,3). The summed E-state index contributed by atoms with van der Waals surface area (Å²) in [7, 11) is 0. The maximum atomic E-state index is 8.36. The first kappa shape index (κ1) is 7.28. The molecule has 0 bridgehead atoms. The summed E-state index contributed by atoms with van der Waals surface area (Å²) in [5, 5.41) is 6.89. The topological polar surface area (TPSA) is 37.3 Å². The van der Waals surface area contributed by atoms with Crippen LogP contribution in [0.4, 0.5) is 0 Å². The van der Waals surface area contributed by atoms with Crippen molar-refractivity contribution in [3.63, 3.8) is 0 Å². The summed E-state index contributed by atoms with van der Waals surface area (Å²) < 4.78 is 1.30. The van der Waals surface area contributed by atoms with E-state index in [0.29, 0.717) is 0 Å². The summed E-state index contributed by atoms with van der Waals surface area (Å²) in [4.78, 5) is 8.36. The van der Waals surface area contributed by atoms with Gasteiger partial charge in [-0.3, -0.25) is 4.79 Å². The molecule has 3 heteroatoms. The van der Waals surface area contributed by atoms with Crippen LogP contribution in [-0.4, -0.2) is 11.6 Å². The van der Waals surface area contributed by atoms with Crippen molar-refractivity contribution < 1.29 is 9.90 Å². The number of carbonyl (C=O) groups is 1. The Morgan fingerprint density at radius 1 is 1.40 bits per heavy atom. The van der Waals surface area contributed by atoms with Gasteiger partial charge in [0.15, 0.2) is 0 Å². The summed E-state index contributed by atoms with van der Waals surface area (Å²) in [5.41, 5.74) is 2.78. The fraction of sp³-hybridized carbons (Fsp3) is 0. The molecule has 2 aliphatic carbocycles. The Kier molecular flexibility index (Phi) is 2.06. The van der Waals surface area contributed by atoms with Crippen molar-refractivity contribution in [2.45, 2.75) is 0 Å². The summed E-state index contributed by atoms with van der Waals surface area (Å²) in [6.07, 6.45) is 0. The second kappa shape index (κ2) is 2.84. The molecule has 0 radical (unpaired) electrons. The average molecular weight is 201 g/mol. The number of hydrogen-bond donors (Lipinski definition) is 1. The number of benzene rings is 1. The summed E-state index contributed by atoms with van der Waals surface area (Å²) in [6, 6.07) is 6.29. The van der Waals surface area contributed by atoms with Gasteiger partial charge in [-0.05, 0) is 27.1 Å². The molecule has 0 aromatic rings. The smallest absolute Gasteiger partial charge is 0.290 e. The van der Waals surface area contributed by atoms with Crippen LogP contribution in [0.2, 0.25) is 0 Å². The predicted octanol–water partition coefficient (Wildman–Crippen LogP) is 2.13. The summed E-state index contributed by atoms with van der Waals surface area (Å²) in [5.74, 6) is 0. The third-order valence-electron chi connectivity index (χ3n) is 1.23. The molecule has 0 spiro atoms. The highest BCUT2D eigenvalue weighted by atomic mass is 79.9. The Labute approximate surface area is 66.6 Å². The number of fused-ring (bicyclic) bond motifs is 1. The van der Waals surface area contributed by atoms with Gasteiger partial charge in [-0.15, -0.1) is 0 Å². The van der Waals surface area contributed by atoms with E-state index in [9.17, 15) is 0 Å². The minimum absolute atomic E-state index is 0.250. The lowest BCUT2D eigenvalue weighted by Crippen LogP contribution is -1.49. The average Bonchev–Trinajstić information content (AvgIpc) is 2.41. The quantitative estimate of drug-likeness (QED) is 0.663. The van der Waals surface area contributed by atoms with E-state index in [1.807, 2.05) is 0 Å². The van der Waals surface area contributed by atoms with Crippen LogP contribution >= 0.6 is 15.9 Å². The zero-order valence-electron chi connectivity index (χ0n) is 5.04. The molecule has 0 aliphatic heterocycles. The number of carboxylic acid groups (broad SMARTS) is 1. The fourth-order valence-electron chi connectivity index (χ4n) is 0.758. The Bertz CT molecular complexity index is 238. The zero-order chi connectivity index (χ0) is 7.56. The molecule has 0 heterocycles. The normalized spacial score (nSPS) is 9.30. The molecule has 10 heavy (non-hydrogen) atoms. The Balaban J connectivity index is 0.000000148. The van der Waals surface area contributed by atoms with Crippen molar-refractivity contribution >= 4 is 22.4 Å². The van der Waals surface area contributed by atoms with Crippen LogP contribution in [-0.2, 0) is 4.79 Å². The fourth-order valence-corrected chi connectivity index (χ4v) is 1.35. The van der Waals surface area contributed by atoms with E-state index in [1.165, 1.54) is 15.6 Å². The van der Waals surface area contributed by atoms with Crippen molar-refractivity contribution in [2.24, 2.45) is 0 Å². The van der Waals surface area contributed by atoms with Gasteiger partial charge in [0, 0.05) is 4.47 Å². The van der Waals surface area contributed by atoms with Crippen molar-refractivity contribution in [1.82, 2.24) is 0 Å². The predicted molar refractivity (Wildman–Crippen MR) is 41.8 cm³/mol. The SMILES string of the molecule is Brc1c2cccc1-2.O=CO. The molecule has 0 fully saturated rings. The summed E-state index contributed by atoms with van der Waals surface area (Å²) >= 11 is 3.39. The van der Waals surface area contributed by atoms with Gasteiger partial charge in [0.05, 0.1) is 0 Å². The zero-order valence-corrected chi connectivity index (χ0v) is 6.63. The number of rotatable bonds is 0. The minimum Gasteiger partial charge on any atom is -0.483 e. The van der Waals surface area contributed by atoms with E-state index in [0.717, 1.165) is 0 Å². The highest BCUT2D eigenvalue weighted by Crippen LogP contribution is 2.47. The van der Waals surface area contributed by atoms with Gasteiger partial charge < -0.3 is 5.11 Å². The van der Waals surface area contributed by atoms with Crippen molar-refractivity contribution in [3.8, 4) is 11.1 Å². The lowest BCUT2D eigenvalue weighted by Gasteiger charge is -1.55. The van der Waals surface area contributed by atoms with Crippen molar-refractivity contribution in [1.29, 1.82) is 0 Å². The molecular formula is C7H5BrO2. The molecule has 0 saturated heterocycles. The molecule has 0 aromatic carbocycles.